The largest absolute Gasteiger partial charge is 0.207 e. The summed E-state index contributed by atoms with van der Waals surface area (Å²) in [5.74, 6) is 0.597. The summed E-state index contributed by atoms with van der Waals surface area (Å²) in [6.45, 7) is 5.86. The molecule has 13 heavy (non-hydrogen) atoms. The van der Waals surface area contributed by atoms with Gasteiger partial charge in [-0.3, -0.25) is 0 Å². The van der Waals surface area contributed by atoms with Crippen LogP contribution in [0.3, 0.4) is 0 Å². The first-order valence-electron chi connectivity index (χ1n) is 5.04. The minimum Gasteiger partial charge on any atom is -0.207 e. The Morgan fingerprint density at radius 2 is 1.85 bits per heavy atom. The van der Waals surface area contributed by atoms with Crippen LogP contribution in [0.1, 0.15) is 43.7 Å². The van der Waals surface area contributed by atoms with E-state index in [1.165, 1.54) is 24.5 Å². The summed E-state index contributed by atoms with van der Waals surface area (Å²) in [6.07, 6.45) is 2.48. The highest BCUT2D eigenvalue weighted by molar-refractivity contribution is 5.33. The maximum atomic E-state index is 13.0. The molecule has 0 heterocycles. The van der Waals surface area contributed by atoms with E-state index in [1.807, 2.05) is 26.8 Å². The van der Waals surface area contributed by atoms with Gasteiger partial charge in [-0.15, -0.1) is 0 Å². The number of hydrogen-bond acceptors (Lipinski definition) is 0. The number of halogens is 1. The third-order valence-corrected chi connectivity index (χ3v) is 2.33. The summed E-state index contributed by atoms with van der Waals surface area (Å²) in [7, 11) is 0. The molecule has 1 aliphatic carbocycles. The Hall–Kier alpha value is -0.850. The van der Waals surface area contributed by atoms with Crippen LogP contribution < -0.4 is 0 Å². The predicted molar refractivity (Wildman–Crippen MR) is 54.5 cm³/mol. The maximum absolute atomic E-state index is 13.0. The Labute approximate surface area is 79.8 Å². The fraction of sp³-hybridized carbons (Fsp3) is 0.500. The second-order valence-electron chi connectivity index (χ2n) is 3.23. The van der Waals surface area contributed by atoms with Crippen LogP contribution in [0.25, 0.3) is 0 Å². The molecule has 0 nitrogen and oxygen atoms in total. The fourth-order valence-corrected chi connectivity index (χ4v) is 1.46. The monoisotopic (exact) mass is 180 g/mol. The molecule has 0 saturated heterocycles. The molecular weight excluding hydrogens is 163 g/mol. The first kappa shape index (κ1) is 10.2. The summed E-state index contributed by atoms with van der Waals surface area (Å²) >= 11 is 0. The Bertz CT molecular complexity index is 274. The lowest BCUT2D eigenvalue weighted by Gasteiger charge is -2.03. The summed E-state index contributed by atoms with van der Waals surface area (Å²) in [4.78, 5) is 0. The topological polar surface area (TPSA) is 0 Å². The van der Waals surface area contributed by atoms with E-state index in [1.54, 1.807) is 6.07 Å². The van der Waals surface area contributed by atoms with Crippen molar-refractivity contribution < 1.29 is 4.39 Å². The van der Waals surface area contributed by atoms with Gasteiger partial charge in [-0.2, -0.15) is 0 Å². The number of hydrogen-bond donors (Lipinski definition) is 0. The predicted octanol–water partition coefficient (Wildman–Crippen LogP) is 4.04. The Balaban J connectivity index is 0.000000396. The Morgan fingerprint density at radius 3 is 2.38 bits per heavy atom. The fourth-order valence-electron chi connectivity index (χ4n) is 1.46. The lowest BCUT2D eigenvalue weighted by molar-refractivity contribution is 0.615. The molecule has 1 fully saturated rings. The van der Waals surface area contributed by atoms with Gasteiger partial charge in [0.05, 0.1) is 0 Å². The number of rotatable bonds is 1. The van der Waals surface area contributed by atoms with E-state index in [2.05, 4.69) is 0 Å². The third kappa shape index (κ3) is 2.30. The highest BCUT2D eigenvalue weighted by Gasteiger charge is 2.25. The molecule has 1 aromatic carbocycles. The molecule has 1 saturated carbocycles. The van der Waals surface area contributed by atoms with Gasteiger partial charge in [-0.25, -0.2) is 4.39 Å². The van der Waals surface area contributed by atoms with E-state index in [-0.39, 0.29) is 5.82 Å². The highest BCUT2D eigenvalue weighted by Crippen LogP contribution is 2.41. The first-order valence-corrected chi connectivity index (χ1v) is 5.04. The molecule has 0 amide bonds. The summed E-state index contributed by atoms with van der Waals surface area (Å²) in [5, 5.41) is 0. The maximum Gasteiger partial charge on any atom is 0.126 e. The lowest BCUT2D eigenvalue weighted by atomic mass is 10.0. The van der Waals surface area contributed by atoms with Crippen molar-refractivity contribution in [1.29, 1.82) is 0 Å². The number of benzene rings is 1. The van der Waals surface area contributed by atoms with Crippen LogP contribution >= 0.6 is 0 Å². The quantitative estimate of drug-likeness (QED) is 0.612. The van der Waals surface area contributed by atoms with Gasteiger partial charge in [0, 0.05) is 0 Å². The van der Waals surface area contributed by atoms with Gasteiger partial charge in [0.1, 0.15) is 5.82 Å². The van der Waals surface area contributed by atoms with Crippen molar-refractivity contribution in [2.75, 3.05) is 0 Å². The van der Waals surface area contributed by atoms with E-state index in [4.69, 9.17) is 0 Å². The molecule has 0 aromatic heterocycles. The molecular formula is C12H17F. The normalized spacial score (nSPS) is 14.8. The van der Waals surface area contributed by atoms with Gasteiger partial charge in [-0.05, 0) is 42.9 Å². The van der Waals surface area contributed by atoms with Gasteiger partial charge in [0.2, 0.25) is 0 Å². The molecule has 0 radical (unpaired) electrons. The minimum atomic E-state index is -0.0607. The van der Waals surface area contributed by atoms with Crippen LogP contribution in [0.5, 0.6) is 0 Å². The SMILES string of the molecule is CC.Cc1c(F)cccc1C1CC1. The summed E-state index contributed by atoms with van der Waals surface area (Å²) < 4.78 is 13.0. The van der Waals surface area contributed by atoms with E-state index in [0.29, 0.717) is 5.92 Å². The molecule has 0 spiro atoms. The average Bonchev–Trinajstić information content (AvgIpc) is 2.97. The summed E-state index contributed by atoms with van der Waals surface area (Å²) in [6, 6.07) is 5.37. The van der Waals surface area contributed by atoms with Crippen LogP contribution in [0.4, 0.5) is 4.39 Å². The van der Waals surface area contributed by atoms with Gasteiger partial charge in [0.25, 0.3) is 0 Å². The highest BCUT2D eigenvalue weighted by atomic mass is 19.1. The van der Waals surface area contributed by atoms with Crippen LogP contribution in [0.2, 0.25) is 0 Å². The molecule has 2 rings (SSSR count). The van der Waals surface area contributed by atoms with Crippen LogP contribution in [-0.4, -0.2) is 0 Å². The smallest absolute Gasteiger partial charge is 0.126 e. The second-order valence-corrected chi connectivity index (χ2v) is 3.23. The van der Waals surface area contributed by atoms with E-state index in [0.717, 1.165) is 5.56 Å². The first-order chi connectivity index (χ1) is 6.29. The Kier molecular flexibility index (Phi) is 3.47. The Morgan fingerprint density at radius 1 is 1.23 bits per heavy atom. The zero-order valence-electron chi connectivity index (χ0n) is 8.60. The van der Waals surface area contributed by atoms with Crippen LogP contribution in [-0.2, 0) is 0 Å². The van der Waals surface area contributed by atoms with E-state index in [9.17, 15) is 4.39 Å². The summed E-state index contributed by atoms with van der Waals surface area (Å²) in [5.41, 5.74) is 2.06. The van der Waals surface area contributed by atoms with Crippen molar-refractivity contribution in [2.45, 2.75) is 39.5 Å². The molecule has 0 N–H and O–H groups in total. The van der Waals surface area contributed by atoms with Crippen molar-refractivity contribution in [3.8, 4) is 0 Å². The molecule has 0 bridgehead atoms. The molecule has 1 aliphatic rings. The van der Waals surface area contributed by atoms with E-state index >= 15 is 0 Å². The molecule has 0 aliphatic heterocycles. The van der Waals surface area contributed by atoms with Crippen molar-refractivity contribution in [1.82, 2.24) is 0 Å². The third-order valence-electron chi connectivity index (χ3n) is 2.33. The van der Waals surface area contributed by atoms with Crippen LogP contribution in [0.15, 0.2) is 18.2 Å². The van der Waals surface area contributed by atoms with Crippen molar-refractivity contribution in [3.05, 3.63) is 35.1 Å². The van der Waals surface area contributed by atoms with E-state index < -0.39 is 0 Å². The van der Waals surface area contributed by atoms with Gasteiger partial charge in [-0.1, -0.05) is 26.0 Å². The molecule has 72 valence electrons. The standard InChI is InChI=1S/C10H11F.C2H6/c1-7-9(8-5-6-8)3-2-4-10(7)11;1-2/h2-4,8H,5-6H2,1H3;1-2H3. The van der Waals surface area contributed by atoms with Crippen LogP contribution in [0, 0.1) is 12.7 Å². The molecule has 0 unspecified atom stereocenters. The molecule has 0 atom stereocenters. The van der Waals surface area contributed by atoms with Gasteiger partial charge < -0.3 is 0 Å². The zero-order valence-corrected chi connectivity index (χ0v) is 8.60. The van der Waals surface area contributed by atoms with Gasteiger partial charge >= 0.3 is 0 Å². The second kappa shape index (κ2) is 4.40. The molecule has 1 aromatic rings. The lowest BCUT2D eigenvalue weighted by Crippen LogP contribution is -1.89. The van der Waals surface area contributed by atoms with Crippen molar-refractivity contribution in [3.63, 3.8) is 0 Å². The average molecular weight is 180 g/mol. The van der Waals surface area contributed by atoms with Gasteiger partial charge in [0.15, 0.2) is 0 Å². The van der Waals surface area contributed by atoms with Crippen molar-refractivity contribution in [2.24, 2.45) is 0 Å². The zero-order chi connectivity index (χ0) is 9.84. The van der Waals surface area contributed by atoms with Crippen molar-refractivity contribution >= 4 is 0 Å². The minimum absolute atomic E-state index is 0.0607. The molecule has 1 heteroatoms.